The van der Waals surface area contributed by atoms with E-state index in [9.17, 15) is 4.79 Å². The standard InChI is InChI=1S/C20H29N5O3/c1-13-11-17-18(22-25(9-10-27-4)19(17)14(2)28-13)20(26)24(15-5-6-15)12-16-7-8-21-23(16)3/h7-8,13-15H,5-6,9-12H2,1-4H3/t13-,14+/m1/s1. The zero-order valence-electron chi connectivity index (χ0n) is 17.1. The maximum absolute atomic E-state index is 13.6. The Morgan fingerprint density at radius 1 is 1.39 bits per heavy atom. The summed E-state index contributed by atoms with van der Waals surface area (Å²) >= 11 is 0. The number of rotatable bonds is 7. The van der Waals surface area contributed by atoms with E-state index in [2.05, 4.69) is 12.0 Å². The molecule has 1 aliphatic carbocycles. The molecular formula is C20H29N5O3. The summed E-state index contributed by atoms with van der Waals surface area (Å²) in [5.74, 6) is 0.0115. The van der Waals surface area contributed by atoms with Gasteiger partial charge in [0.2, 0.25) is 0 Å². The van der Waals surface area contributed by atoms with Crippen LogP contribution < -0.4 is 0 Å². The van der Waals surface area contributed by atoms with Crippen molar-refractivity contribution in [3.8, 4) is 0 Å². The number of ether oxygens (including phenoxy) is 2. The zero-order chi connectivity index (χ0) is 19.8. The summed E-state index contributed by atoms with van der Waals surface area (Å²) in [6, 6.07) is 2.25. The number of hydrogen-bond donors (Lipinski definition) is 0. The van der Waals surface area contributed by atoms with Crippen molar-refractivity contribution in [2.45, 2.75) is 64.4 Å². The minimum absolute atomic E-state index is 0.0115. The van der Waals surface area contributed by atoms with E-state index < -0.39 is 0 Å². The summed E-state index contributed by atoms with van der Waals surface area (Å²) in [6.45, 7) is 5.79. The molecular weight excluding hydrogens is 358 g/mol. The molecule has 0 aromatic carbocycles. The average molecular weight is 387 g/mol. The summed E-state index contributed by atoms with van der Waals surface area (Å²) in [5, 5.41) is 8.98. The molecule has 8 heteroatoms. The van der Waals surface area contributed by atoms with E-state index in [0.29, 0.717) is 31.8 Å². The van der Waals surface area contributed by atoms with Gasteiger partial charge in [0, 0.05) is 38.4 Å². The van der Waals surface area contributed by atoms with Crippen LogP contribution in [0, 0.1) is 0 Å². The van der Waals surface area contributed by atoms with Gasteiger partial charge in [0.15, 0.2) is 5.69 Å². The van der Waals surface area contributed by atoms with Crippen molar-refractivity contribution in [1.29, 1.82) is 0 Å². The number of carbonyl (C=O) groups excluding carboxylic acids is 1. The molecule has 28 heavy (non-hydrogen) atoms. The highest BCUT2D eigenvalue weighted by molar-refractivity contribution is 5.94. The molecule has 1 amide bonds. The molecule has 2 aromatic rings. The third-order valence-electron chi connectivity index (χ3n) is 5.62. The van der Waals surface area contributed by atoms with E-state index >= 15 is 0 Å². The molecule has 0 saturated heterocycles. The molecule has 1 saturated carbocycles. The average Bonchev–Trinajstić information content (AvgIpc) is 3.32. The first kappa shape index (κ1) is 19.1. The molecule has 1 aliphatic heterocycles. The van der Waals surface area contributed by atoms with Gasteiger partial charge in [-0.1, -0.05) is 0 Å². The first-order valence-corrected chi connectivity index (χ1v) is 10.0. The maximum atomic E-state index is 13.6. The largest absolute Gasteiger partial charge is 0.383 e. The highest BCUT2D eigenvalue weighted by atomic mass is 16.5. The monoisotopic (exact) mass is 387 g/mol. The molecule has 4 rings (SSSR count). The highest BCUT2D eigenvalue weighted by Crippen LogP contribution is 2.35. The fourth-order valence-corrected chi connectivity index (χ4v) is 4.06. The van der Waals surface area contributed by atoms with E-state index in [0.717, 1.165) is 29.8 Å². The fraction of sp³-hybridized carbons (Fsp3) is 0.650. The number of nitrogens with zero attached hydrogens (tertiary/aromatic N) is 5. The quantitative estimate of drug-likeness (QED) is 0.727. The van der Waals surface area contributed by atoms with E-state index in [4.69, 9.17) is 14.6 Å². The second kappa shape index (κ2) is 7.67. The molecule has 8 nitrogen and oxygen atoms in total. The second-order valence-corrected chi connectivity index (χ2v) is 7.83. The first-order chi connectivity index (χ1) is 13.5. The van der Waals surface area contributed by atoms with E-state index in [1.807, 2.05) is 34.3 Å². The maximum Gasteiger partial charge on any atom is 0.275 e. The van der Waals surface area contributed by atoms with Gasteiger partial charge in [-0.25, -0.2) is 0 Å². The summed E-state index contributed by atoms with van der Waals surface area (Å²) < 4.78 is 15.0. The van der Waals surface area contributed by atoms with Crippen LogP contribution in [-0.2, 0) is 36.0 Å². The van der Waals surface area contributed by atoms with Gasteiger partial charge in [0.25, 0.3) is 5.91 Å². The van der Waals surface area contributed by atoms with Crippen molar-refractivity contribution in [3.05, 3.63) is 34.9 Å². The predicted molar refractivity (Wildman–Crippen MR) is 103 cm³/mol. The predicted octanol–water partition coefficient (Wildman–Crippen LogP) is 2.09. The second-order valence-electron chi connectivity index (χ2n) is 7.83. The summed E-state index contributed by atoms with van der Waals surface area (Å²) in [5.41, 5.74) is 3.64. The van der Waals surface area contributed by atoms with E-state index in [1.165, 1.54) is 0 Å². The SMILES string of the molecule is COCCn1nc(C(=O)N(Cc2ccnn2C)C2CC2)c2c1[C@H](C)O[C@H](C)C2. The van der Waals surface area contributed by atoms with Crippen LogP contribution in [-0.4, -0.2) is 56.2 Å². The number of carbonyl (C=O) groups is 1. The van der Waals surface area contributed by atoms with Crippen molar-refractivity contribution >= 4 is 5.91 Å². The molecule has 0 unspecified atom stereocenters. The van der Waals surface area contributed by atoms with Gasteiger partial charge in [-0.2, -0.15) is 10.2 Å². The topological polar surface area (TPSA) is 74.4 Å². The number of methoxy groups -OCH3 is 1. The summed E-state index contributed by atoms with van der Waals surface area (Å²) in [7, 11) is 3.58. The lowest BCUT2D eigenvalue weighted by molar-refractivity contribution is -0.0102. The molecule has 1 fully saturated rings. The number of hydrogen-bond acceptors (Lipinski definition) is 5. The molecule has 2 atom stereocenters. The molecule has 0 bridgehead atoms. The fourth-order valence-electron chi connectivity index (χ4n) is 4.06. The van der Waals surface area contributed by atoms with Crippen molar-refractivity contribution in [3.63, 3.8) is 0 Å². The van der Waals surface area contributed by atoms with Crippen LogP contribution in [0.5, 0.6) is 0 Å². The van der Waals surface area contributed by atoms with Gasteiger partial charge in [0.05, 0.1) is 43.3 Å². The van der Waals surface area contributed by atoms with Crippen molar-refractivity contribution in [1.82, 2.24) is 24.5 Å². The normalized spacial score (nSPS) is 21.6. The minimum atomic E-state index is -0.0869. The van der Waals surface area contributed by atoms with E-state index in [-0.39, 0.29) is 24.2 Å². The van der Waals surface area contributed by atoms with Gasteiger partial charge >= 0.3 is 0 Å². The molecule has 2 aromatic heterocycles. The molecule has 152 valence electrons. The Morgan fingerprint density at radius 2 is 2.18 bits per heavy atom. The zero-order valence-corrected chi connectivity index (χ0v) is 17.1. The molecule has 2 aliphatic rings. The number of fused-ring (bicyclic) bond motifs is 1. The van der Waals surface area contributed by atoms with Crippen LogP contribution in [0.4, 0.5) is 0 Å². The number of aromatic nitrogens is 4. The van der Waals surface area contributed by atoms with Crippen LogP contribution >= 0.6 is 0 Å². The Morgan fingerprint density at radius 3 is 2.82 bits per heavy atom. The van der Waals surface area contributed by atoms with Crippen LogP contribution in [0.3, 0.4) is 0 Å². The Balaban J connectivity index is 1.68. The smallest absolute Gasteiger partial charge is 0.275 e. The Labute approximate surface area is 165 Å². The van der Waals surface area contributed by atoms with Gasteiger partial charge < -0.3 is 14.4 Å². The van der Waals surface area contributed by atoms with Gasteiger partial charge in [0.1, 0.15) is 0 Å². The lowest BCUT2D eigenvalue weighted by atomic mass is 9.99. The number of amides is 1. The van der Waals surface area contributed by atoms with Gasteiger partial charge in [-0.05, 0) is 32.8 Å². The Bertz CT molecular complexity index is 854. The van der Waals surface area contributed by atoms with Crippen molar-refractivity contribution in [2.75, 3.05) is 13.7 Å². The van der Waals surface area contributed by atoms with Crippen LogP contribution in [0.25, 0.3) is 0 Å². The van der Waals surface area contributed by atoms with Crippen LogP contribution in [0.1, 0.15) is 60.2 Å². The van der Waals surface area contributed by atoms with Crippen LogP contribution in [0.2, 0.25) is 0 Å². The third-order valence-corrected chi connectivity index (χ3v) is 5.62. The van der Waals surface area contributed by atoms with Crippen LogP contribution in [0.15, 0.2) is 12.3 Å². The number of aryl methyl sites for hydroxylation is 1. The van der Waals surface area contributed by atoms with Gasteiger partial charge in [-0.15, -0.1) is 0 Å². The van der Waals surface area contributed by atoms with E-state index in [1.54, 1.807) is 13.3 Å². The molecule has 0 radical (unpaired) electrons. The molecule has 0 N–H and O–H groups in total. The summed E-state index contributed by atoms with van der Waals surface area (Å²) in [6.07, 6.45) is 4.56. The molecule has 3 heterocycles. The van der Waals surface area contributed by atoms with Crippen molar-refractivity contribution in [2.24, 2.45) is 7.05 Å². The minimum Gasteiger partial charge on any atom is -0.383 e. The van der Waals surface area contributed by atoms with Crippen molar-refractivity contribution < 1.29 is 14.3 Å². The lowest BCUT2D eigenvalue weighted by Crippen LogP contribution is -2.35. The third kappa shape index (κ3) is 3.58. The van der Waals surface area contributed by atoms with Gasteiger partial charge in [-0.3, -0.25) is 14.2 Å². The lowest BCUT2D eigenvalue weighted by Gasteiger charge is -2.27. The highest BCUT2D eigenvalue weighted by Gasteiger charge is 2.38. The summed E-state index contributed by atoms with van der Waals surface area (Å²) in [4.78, 5) is 15.5. The molecule has 0 spiro atoms. The Hall–Kier alpha value is -2.19. The Kier molecular flexibility index (Phi) is 5.25. The first-order valence-electron chi connectivity index (χ1n) is 10.0.